The Morgan fingerprint density at radius 2 is 2.33 bits per heavy atom. The first-order valence-electron chi connectivity index (χ1n) is 2.58. The summed E-state index contributed by atoms with van der Waals surface area (Å²) in [6.45, 7) is 1.83. The van der Waals surface area contributed by atoms with Gasteiger partial charge in [-0.15, -0.1) is 12.6 Å². The van der Waals surface area contributed by atoms with Gasteiger partial charge in [0.1, 0.15) is 0 Å². The maximum absolute atomic E-state index is 10.7. The van der Waals surface area contributed by atoms with E-state index in [1.165, 1.54) is 6.07 Å². The van der Waals surface area contributed by atoms with Gasteiger partial charge in [0, 0.05) is 18.0 Å². The average Bonchev–Trinajstić information content (AvgIpc) is 1.80. The Hall–Kier alpha value is -0.700. The molecule has 0 aromatic carbocycles. The number of aromatic nitrogens is 1. The molecule has 0 saturated carbocycles. The van der Waals surface area contributed by atoms with Gasteiger partial charge >= 0.3 is 0 Å². The number of aryl methyl sites for hydroxylation is 1. The third-order valence-electron chi connectivity index (χ3n) is 1.04. The number of rotatable bonds is 0. The molecule has 0 atom stereocenters. The maximum atomic E-state index is 10.7. The minimum Gasteiger partial charge on any atom is -0.364 e. The van der Waals surface area contributed by atoms with Gasteiger partial charge in [0.05, 0.1) is 4.90 Å². The number of nitrogens with one attached hydrogen (secondary N) is 1. The van der Waals surface area contributed by atoms with E-state index in [9.17, 15) is 4.79 Å². The van der Waals surface area contributed by atoms with Crippen LogP contribution in [0.15, 0.2) is 22.0 Å². The minimum absolute atomic E-state index is 0.0328. The summed E-state index contributed by atoms with van der Waals surface area (Å²) in [6, 6.07) is 1.52. The minimum atomic E-state index is -0.0328. The zero-order valence-corrected chi connectivity index (χ0v) is 5.90. The molecule has 48 valence electrons. The van der Waals surface area contributed by atoms with E-state index in [-0.39, 0.29) is 5.43 Å². The Morgan fingerprint density at radius 1 is 1.67 bits per heavy atom. The third-order valence-corrected chi connectivity index (χ3v) is 1.39. The van der Waals surface area contributed by atoms with Crippen LogP contribution in [-0.2, 0) is 0 Å². The fourth-order valence-electron chi connectivity index (χ4n) is 0.566. The molecular formula is C6H7NOS. The zero-order chi connectivity index (χ0) is 6.85. The molecular weight excluding hydrogens is 134 g/mol. The Kier molecular flexibility index (Phi) is 1.62. The second-order valence-electron chi connectivity index (χ2n) is 1.87. The van der Waals surface area contributed by atoms with Crippen molar-refractivity contribution < 1.29 is 0 Å². The lowest BCUT2D eigenvalue weighted by Crippen LogP contribution is -2.01. The number of hydrogen-bond acceptors (Lipinski definition) is 2. The predicted molar refractivity (Wildman–Crippen MR) is 39.1 cm³/mol. The Labute approximate surface area is 58.3 Å². The van der Waals surface area contributed by atoms with Crippen LogP contribution >= 0.6 is 12.6 Å². The monoisotopic (exact) mass is 141 g/mol. The topological polar surface area (TPSA) is 32.9 Å². The fraction of sp³-hybridized carbons (Fsp3) is 0.167. The molecule has 9 heavy (non-hydrogen) atoms. The first-order chi connectivity index (χ1) is 4.20. The summed E-state index contributed by atoms with van der Waals surface area (Å²) in [5.41, 5.74) is 0.826. The molecule has 2 nitrogen and oxygen atoms in total. The van der Waals surface area contributed by atoms with E-state index < -0.39 is 0 Å². The summed E-state index contributed by atoms with van der Waals surface area (Å²) in [4.78, 5) is 14.1. The van der Waals surface area contributed by atoms with E-state index in [2.05, 4.69) is 17.6 Å². The normalized spacial score (nSPS) is 9.56. The summed E-state index contributed by atoms with van der Waals surface area (Å²) in [7, 11) is 0. The van der Waals surface area contributed by atoms with Gasteiger partial charge in [0.2, 0.25) is 0 Å². The van der Waals surface area contributed by atoms with Gasteiger partial charge in [0.25, 0.3) is 0 Å². The molecule has 1 aromatic rings. The highest BCUT2D eigenvalue weighted by Crippen LogP contribution is 1.94. The van der Waals surface area contributed by atoms with Crippen molar-refractivity contribution >= 4 is 12.6 Å². The van der Waals surface area contributed by atoms with Crippen LogP contribution in [0.4, 0.5) is 0 Å². The third kappa shape index (κ3) is 1.36. The number of thiol groups is 1. The zero-order valence-electron chi connectivity index (χ0n) is 5.01. The first kappa shape index (κ1) is 6.42. The molecule has 0 amide bonds. The predicted octanol–water partition coefficient (Wildman–Crippen LogP) is 0.972. The van der Waals surface area contributed by atoms with Crippen molar-refractivity contribution in [2.75, 3.05) is 0 Å². The van der Waals surface area contributed by atoms with Crippen LogP contribution in [0, 0.1) is 6.92 Å². The highest BCUT2D eigenvalue weighted by molar-refractivity contribution is 7.80. The van der Waals surface area contributed by atoms with E-state index in [0.29, 0.717) is 4.90 Å². The molecule has 1 aromatic heterocycles. The van der Waals surface area contributed by atoms with E-state index in [0.717, 1.165) is 5.69 Å². The van der Waals surface area contributed by atoms with Crippen LogP contribution in [0.5, 0.6) is 0 Å². The van der Waals surface area contributed by atoms with Crippen molar-refractivity contribution in [2.24, 2.45) is 0 Å². The quantitative estimate of drug-likeness (QED) is 0.518. The molecule has 0 aliphatic rings. The summed E-state index contributed by atoms with van der Waals surface area (Å²) in [5, 5.41) is 0. The molecule has 0 unspecified atom stereocenters. The van der Waals surface area contributed by atoms with Gasteiger partial charge in [-0.25, -0.2) is 0 Å². The lowest BCUT2D eigenvalue weighted by molar-refractivity contribution is 1.12. The molecule has 0 fully saturated rings. The van der Waals surface area contributed by atoms with E-state index in [1.54, 1.807) is 6.20 Å². The van der Waals surface area contributed by atoms with Gasteiger partial charge in [0.15, 0.2) is 5.43 Å². The van der Waals surface area contributed by atoms with E-state index in [4.69, 9.17) is 0 Å². The van der Waals surface area contributed by atoms with Crippen LogP contribution in [-0.4, -0.2) is 4.98 Å². The van der Waals surface area contributed by atoms with Crippen molar-refractivity contribution in [3.63, 3.8) is 0 Å². The number of hydrogen-bond donors (Lipinski definition) is 2. The molecule has 0 saturated heterocycles. The molecule has 1 heterocycles. The van der Waals surface area contributed by atoms with Crippen molar-refractivity contribution in [3.05, 3.63) is 28.2 Å². The highest BCUT2D eigenvalue weighted by Gasteiger charge is 1.90. The molecule has 3 heteroatoms. The van der Waals surface area contributed by atoms with Crippen LogP contribution < -0.4 is 5.43 Å². The van der Waals surface area contributed by atoms with Crippen LogP contribution in [0.2, 0.25) is 0 Å². The second-order valence-corrected chi connectivity index (χ2v) is 2.35. The SMILES string of the molecule is Cc1cc(=O)c(S)c[nH]1. The van der Waals surface area contributed by atoms with Gasteiger partial charge in [-0.1, -0.05) is 0 Å². The lowest BCUT2D eigenvalue weighted by Gasteiger charge is -1.90. The van der Waals surface area contributed by atoms with Gasteiger partial charge < -0.3 is 4.98 Å². The average molecular weight is 141 g/mol. The van der Waals surface area contributed by atoms with E-state index >= 15 is 0 Å². The van der Waals surface area contributed by atoms with Crippen molar-refractivity contribution in [1.29, 1.82) is 0 Å². The number of H-pyrrole nitrogens is 1. The summed E-state index contributed by atoms with van der Waals surface area (Å²) < 4.78 is 0. The largest absolute Gasteiger partial charge is 0.364 e. The maximum Gasteiger partial charge on any atom is 0.195 e. The van der Waals surface area contributed by atoms with Crippen LogP contribution in [0.25, 0.3) is 0 Å². The number of aromatic amines is 1. The Bertz CT molecular complexity index is 266. The fourth-order valence-corrected chi connectivity index (χ4v) is 0.695. The second kappa shape index (κ2) is 2.27. The van der Waals surface area contributed by atoms with E-state index in [1.807, 2.05) is 6.92 Å². The molecule has 1 rings (SSSR count). The highest BCUT2D eigenvalue weighted by atomic mass is 32.1. The number of pyridine rings is 1. The van der Waals surface area contributed by atoms with Crippen molar-refractivity contribution in [3.8, 4) is 0 Å². The summed E-state index contributed by atoms with van der Waals surface area (Å²) in [5.74, 6) is 0. The Morgan fingerprint density at radius 3 is 2.78 bits per heavy atom. The molecule has 0 bridgehead atoms. The molecule has 0 radical (unpaired) electrons. The molecule has 0 spiro atoms. The Balaban J connectivity index is 3.34. The van der Waals surface area contributed by atoms with Gasteiger partial charge in [-0.05, 0) is 6.92 Å². The smallest absolute Gasteiger partial charge is 0.195 e. The molecule has 0 aliphatic heterocycles. The van der Waals surface area contributed by atoms with Gasteiger partial charge in [-0.2, -0.15) is 0 Å². The van der Waals surface area contributed by atoms with Crippen LogP contribution in [0.1, 0.15) is 5.69 Å². The lowest BCUT2D eigenvalue weighted by atomic mass is 10.4. The van der Waals surface area contributed by atoms with Crippen molar-refractivity contribution in [1.82, 2.24) is 4.98 Å². The first-order valence-corrected chi connectivity index (χ1v) is 3.03. The molecule has 1 N–H and O–H groups in total. The van der Waals surface area contributed by atoms with Crippen molar-refractivity contribution in [2.45, 2.75) is 11.8 Å². The van der Waals surface area contributed by atoms with Gasteiger partial charge in [-0.3, -0.25) is 4.79 Å². The molecule has 0 aliphatic carbocycles. The standard InChI is InChI=1S/C6H7NOS/c1-4-2-5(8)6(9)3-7-4/h2-3,9H,1H3,(H,7,8). The summed E-state index contributed by atoms with van der Waals surface area (Å²) >= 11 is 3.90. The summed E-state index contributed by atoms with van der Waals surface area (Å²) in [6.07, 6.45) is 1.58. The van der Waals surface area contributed by atoms with Crippen LogP contribution in [0.3, 0.4) is 0 Å².